The van der Waals surface area contributed by atoms with Gasteiger partial charge in [-0.1, -0.05) is 19.1 Å². The molecule has 134 valence electrons. The molecular weight excluding hydrogens is 328 g/mol. The molecule has 3 aromatic rings. The second kappa shape index (κ2) is 8.29. The summed E-state index contributed by atoms with van der Waals surface area (Å²) in [5, 5.41) is 4.83. The zero-order valence-electron chi connectivity index (χ0n) is 15.0. The summed E-state index contributed by atoms with van der Waals surface area (Å²) in [7, 11) is 0. The molecule has 0 amide bonds. The van der Waals surface area contributed by atoms with E-state index in [-0.39, 0.29) is 5.56 Å². The van der Waals surface area contributed by atoms with Gasteiger partial charge in [0.15, 0.2) is 0 Å². The van der Waals surface area contributed by atoms with Gasteiger partial charge in [0.25, 0.3) is 5.56 Å². The molecule has 3 rings (SSSR count). The standard InChI is InChI=1S/C20H22N4O2/c1-3-13-26-16-11-9-15(10-12-16)14-21-23-20-22-18-8-6-5-7-17(18)19(25)24(20)4-2/h5-12,14H,3-4,13H2,1-2H3,(H,22,23)/b21-14-. The largest absolute Gasteiger partial charge is 0.494 e. The molecule has 0 unspecified atom stereocenters. The number of fused-ring (bicyclic) bond motifs is 1. The van der Waals surface area contributed by atoms with Crippen LogP contribution in [0.4, 0.5) is 5.95 Å². The van der Waals surface area contributed by atoms with E-state index < -0.39 is 0 Å². The van der Waals surface area contributed by atoms with Crippen LogP contribution < -0.4 is 15.7 Å². The SMILES string of the molecule is CCCOc1ccc(/C=N\Nc2nc3ccccc3c(=O)n2CC)cc1. The molecule has 2 aromatic carbocycles. The summed E-state index contributed by atoms with van der Waals surface area (Å²) in [5.74, 6) is 1.27. The van der Waals surface area contributed by atoms with Crippen LogP contribution in [-0.4, -0.2) is 22.4 Å². The highest BCUT2D eigenvalue weighted by Crippen LogP contribution is 2.13. The zero-order chi connectivity index (χ0) is 18.4. The molecule has 0 aliphatic rings. The fourth-order valence-electron chi connectivity index (χ4n) is 2.58. The molecule has 0 radical (unpaired) electrons. The lowest BCUT2D eigenvalue weighted by Crippen LogP contribution is -2.23. The Kier molecular flexibility index (Phi) is 5.63. The third kappa shape index (κ3) is 3.91. The predicted molar refractivity (Wildman–Crippen MR) is 105 cm³/mol. The van der Waals surface area contributed by atoms with E-state index in [0.717, 1.165) is 17.7 Å². The number of nitrogens with zero attached hydrogens (tertiary/aromatic N) is 3. The average molecular weight is 350 g/mol. The number of para-hydroxylation sites is 1. The number of nitrogens with one attached hydrogen (secondary N) is 1. The second-order valence-electron chi connectivity index (χ2n) is 5.79. The Morgan fingerprint density at radius 2 is 1.92 bits per heavy atom. The van der Waals surface area contributed by atoms with E-state index in [0.29, 0.717) is 30.0 Å². The summed E-state index contributed by atoms with van der Waals surface area (Å²) in [5.41, 5.74) is 4.38. The van der Waals surface area contributed by atoms with Crippen LogP contribution in [0.2, 0.25) is 0 Å². The maximum Gasteiger partial charge on any atom is 0.262 e. The lowest BCUT2D eigenvalue weighted by molar-refractivity contribution is 0.317. The van der Waals surface area contributed by atoms with Gasteiger partial charge in [0.2, 0.25) is 5.95 Å². The molecular formula is C20H22N4O2. The van der Waals surface area contributed by atoms with Gasteiger partial charge < -0.3 is 4.74 Å². The lowest BCUT2D eigenvalue weighted by atomic mass is 10.2. The van der Waals surface area contributed by atoms with Crippen molar-refractivity contribution in [2.45, 2.75) is 26.8 Å². The Balaban J connectivity index is 1.78. The van der Waals surface area contributed by atoms with Crippen LogP contribution in [0, 0.1) is 0 Å². The van der Waals surface area contributed by atoms with Gasteiger partial charge in [-0.15, -0.1) is 0 Å². The van der Waals surface area contributed by atoms with Gasteiger partial charge in [-0.3, -0.25) is 9.36 Å². The minimum absolute atomic E-state index is 0.0757. The molecule has 1 aromatic heterocycles. The second-order valence-corrected chi connectivity index (χ2v) is 5.79. The van der Waals surface area contributed by atoms with Gasteiger partial charge in [0.1, 0.15) is 5.75 Å². The Morgan fingerprint density at radius 3 is 2.65 bits per heavy atom. The fraction of sp³-hybridized carbons (Fsp3) is 0.250. The van der Waals surface area contributed by atoms with Crippen molar-refractivity contribution in [1.82, 2.24) is 9.55 Å². The highest BCUT2D eigenvalue weighted by molar-refractivity contribution is 5.81. The molecule has 1 heterocycles. The molecule has 0 saturated heterocycles. The van der Waals surface area contributed by atoms with E-state index in [4.69, 9.17) is 4.74 Å². The zero-order valence-corrected chi connectivity index (χ0v) is 15.0. The predicted octanol–water partition coefficient (Wildman–Crippen LogP) is 3.65. The number of rotatable bonds is 7. The number of aromatic nitrogens is 2. The van der Waals surface area contributed by atoms with Crippen LogP contribution >= 0.6 is 0 Å². The van der Waals surface area contributed by atoms with Gasteiger partial charge in [-0.2, -0.15) is 5.10 Å². The van der Waals surface area contributed by atoms with E-state index in [1.807, 2.05) is 49.4 Å². The summed E-state index contributed by atoms with van der Waals surface area (Å²) >= 11 is 0. The van der Waals surface area contributed by atoms with Gasteiger partial charge in [-0.25, -0.2) is 10.4 Å². The summed E-state index contributed by atoms with van der Waals surface area (Å²) < 4.78 is 7.13. The van der Waals surface area contributed by atoms with Gasteiger partial charge in [0, 0.05) is 6.54 Å². The topological polar surface area (TPSA) is 68.5 Å². The molecule has 0 aliphatic carbocycles. The van der Waals surface area contributed by atoms with Crippen LogP contribution in [0.15, 0.2) is 58.4 Å². The molecule has 0 bridgehead atoms. The molecule has 0 atom stereocenters. The van der Waals surface area contributed by atoms with E-state index in [1.165, 1.54) is 0 Å². The molecule has 0 spiro atoms. The van der Waals surface area contributed by atoms with Crippen molar-refractivity contribution >= 4 is 23.1 Å². The first-order valence-corrected chi connectivity index (χ1v) is 8.74. The molecule has 6 nitrogen and oxygen atoms in total. The van der Waals surface area contributed by atoms with Gasteiger partial charge in [-0.05, 0) is 55.3 Å². The first-order chi connectivity index (χ1) is 12.7. The minimum atomic E-state index is -0.0757. The van der Waals surface area contributed by atoms with Crippen molar-refractivity contribution in [3.05, 3.63) is 64.4 Å². The summed E-state index contributed by atoms with van der Waals surface area (Å²) in [6, 6.07) is 15.0. The first-order valence-electron chi connectivity index (χ1n) is 8.74. The average Bonchev–Trinajstić information content (AvgIpc) is 2.68. The van der Waals surface area contributed by atoms with Crippen LogP contribution in [0.5, 0.6) is 5.75 Å². The van der Waals surface area contributed by atoms with Crippen LogP contribution in [-0.2, 0) is 6.54 Å². The van der Waals surface area contributed by atoms with Crippen molar-refractivity contribution in [3.8, 4) is 5.75 Å². The summed E-state index contributed by atoms with van der Waals surface area (Å²) in [6.45, 7) is 5.19. The van der Waals surface area contributed by atoms with Crippen molar-refractivity contribution in [2.75, 3.05) is 12.0 Å². The monoisotopic (exact) mass is 350 g/mol. The van der Waals surface area contributed by atoms with E-state index in [1.54, 1.807) is 16.8 Å². The quantitative estimate of drug-likeness (QED) is 0.522. The Hall–Kier alpha value is -3.15. The minimum Gasteiger partial charge on any atom is -0.494 e. The van der Waals surface area contributed by atoms with Crippen molar-refractivity contribution in [2.24, 2.45) is 5.10 Å². The first kappa shape index (κ1) is 17.7. The van der Waals surface area contributed by atoms with Crippen LogP contribution in [0.1, 0.15) is 25.8 Å². The van der Waals surface area contributed by atoms with Crippen LogP contribution in [0.25, 0.3) is 10.9 Å². The lowest BCUT2D eigenvalue weighted by Gasteiger charge is -2.10. The molecule has 1 N–H and O–H groups in total. The number of hydrogen-bond donors (Lipinski definition) is 1. The normalized spacial score (nSPS) is 11.2. The molecule has 0 fully saturated rings. The summed E-state index contributed by atoms with van der Waals surface area (Å²) in [6.07, 6.45) is 2.66. The van der Waals surface area contributed by atoms with Crippen molar-refractivity contribution in [3.63, 3.8) is 0 Å². The number of anilines is 1. The number of ether oxygens (including phenoxy) is 1. The van der Waals surface area contributed by atoms with E-state index in [9.17, 15) is 4.79 Å². The molecule has 26 heavy (non-hydrogen) atoms. The highest BCUT2D eigenvalue weighted by atomic mass is 16.5. The highest BCUT2D eigenvalue weighted by Gasteiger charge is 2.08. The maximum absolute atomic E-state index is 12.6. The smallest absolute Gasteiger partial charge is 0.262 e. The molecule has 6 heteroatoms. The third-order valence-corrected chi connectivity index (χ3v) is 3.91. The number of hydrogen-bond acceptors (Lipinski definition) is 5. The van der Waals surface area contributed by atoms with Gasteiger partial charge >= 0.3 is 0 Å². The van der Waals surface area contributed by atoms with E-state index >= 15 is 0 Å². The molecule has 0 aliphatic heterocycles. The van der Waals surface area contributed by atoms with Crippen molar-refractivity contribution < 1.29 is 4.74 Å². The van der Waals surface area contributed by atoms with Crippen molar-refractivity contribution in [1.29, 1.82) is 0 Å². The number of benzene rings is 2. The maximum atomic E-state index is 12.6. The van der Waals surface area contributed by atoms with Gasteiger partial charge in [0.05, 0.1) is 23.7 Å². The Labute approximate surface area is 152 Å². The molecule has 0 saturated carbocycles. The van der Waals surface area contributed by atoms with Crippen LogP contribution in [0.3, 0.4) is 0 Å². The third-order valence-electron chi connectivity index (χ3n) is 3.91. The van der Waals surface area contributed by atoms with E-state index in [2.05, 4.69) is 22.4 Å². The Bertz CT molecular complexity index is 962. The summed E-state index contributed by atoms with van der Waals surface area (Å²) in [4.78, 5) is 17.1. The Morgan fingerprint density at radius 1 is 1.15 bits per heavy atom. The fourth-order valence-corrected chi connectivity index (χ4v) is 2.58. The number of hydrazone groups is 1.